The standard InChI is InChI=1S/C13H24N2O3/c1-4-15(9(2)3)13(18)14-11-7-5-6-10(8-11)12(16)17/h9-11H,4-8H2,1-3H3,(H,14,18)(H,16,17). The van der Waals surface area contributed by atoms with Crippen LogP contribution in [0.4, 0.5) is 4.79 Å². The molecular formula is C13H24N2O3. The SMILES string of the molecule is CCN(C(=O)NC1CCCC(C(=O)O)C1)C(C)C. The molecule has 1 aliphatic carbocycles. The van der Waals surface area contributed by atoms with E-state index in [1.54, 1.807) is 4.90 Å². The Hall–Kier alpha value is -1.26. The van der Waals surface area contributed by atoms with Crippen molar-refractivity contribution in [3.63, 3.8) is 0 Å². The Bertz CT molecular complexity index is 305. The lowest BCUT2D eigenvalue weighted by molar-refractivity contribution is -0.143. The summed E-state index contributed by atoms with van der Waals surface area (Å²) in [6.45, 7) is 6.56. The predicted molar refractivity (Wildman–Crippen MR) is 69.4 cm³/mol. The van der Waals surface area contributed by atoms with Crippen molar-refractivity contribution in [3.05, 3.63) is 0 Å². The van der Waals surface area contributed by atoms with Gasteiger partial charge in [-0.1, -0.05) is 6.42 Å². The average Bonchev–Trinajstić information content (AvgIpc) is 2.29. The summed E-state index contributed by atoms with van der Waals surface area (Å²) in [5, 5.41) is 12.0. The number of hydrogen-bond donors (Lipinski definition) is 2. The molecule has 5 heteroatoms. The summed E-state index contributed by atoms with van der Waals surface area (Å²) >= 11 is 0. The summed E-state index contributed by atoms with van der Waals surface area (Å²) in [5.41, 5.74) is 0. The Morgan fingerprint density at radius 2 is 2.06 bits per heavy atom. The van der Waals surface area contributed by atoms with Gasteiger partial charge < -0.3 is 15.3 Å². The molecule has 18 heavy (non-hydrogen) atoms. The van der Waals surface area contributed by atoms with E-state index in [0.29, 0.717) is 13.0 Å². The largest absolute Gasteiger partial charge is 0.481 e. The van der Waals surface area contributed by atoms with Crippen molar-refractivity contribution in [2.75, 3.05) is 6.54 Å². The fourth-order valence-electron chi connectivity index (χ4n) is 2.55. The molecule has 0 aromatic carbocycles. The van der Waals surface area contributed by atoms with Crippen molar-refractivity contribution in [1.29, 1.82) is 0 Å². The predicted octanol–water partition coefficient (Wildman–Crippen LogP) is 2.07. The molecule has 1 rings (SSSR count). The van der Waals surface area contributed by atoms with Gasteiger partial charge in [-0.05, 0) is 40.0 Å². The van der Waals surface area contributed by atoms with Crippen molar-refractivity contribution in [2.24, 2.45) is 5.92 Å². The maximum Gasteiger partial charge on any atom is 0.317 e. The molecule has 104 valence electrons. The van der Waals surface area contributed by atoms with E-state index in [4.69, 9.17) is 5.11 Å². The molecule has 0 spiro atoms. The number of urea groups is 1. The van der Waals surface area contributed by atoms with E-state index in [-0.39, 0.29) is 24.0 Å². The van der Waals surface area contributed by atoms with Gasteiger partial charge in [-0.3, -0.25) is 4.79 Å². The van der Waals surface area contributed by atoms with Crippen molar-refractivity contribution >= 4 is 12.0 Å². The van der Waals surface area contributed by atoms with Crippen LogP contribution < -0.4 is 5.32 Å². The highest BCUT2D eigenvalue weighted by atomic mass is 16.4. The van der Waals surface area contributed by atoms with E-state index in [2.05, 4.69) is 5.32 Å². The summed E-state index contributed by atoms with van der Waals surface area (Å²) in [4.78, 5) is 24.7. The molecule has 2 amide bonds. The molecule has 0 radical (unpaired) electrons. The highest BCUT2D eigenvalue weighted by Crippen LogP contribution is 2.24. The van der Waals surface area contributed by atoms with E-state index in [1.807, 2.05) is 20.8 Å². The molecule has 0 bridgehead atoms. The van der Waals surface area contributed by atoms with E-state index in [0.717, 1.165) is 19.3 Å². The Morgan fingerprint density at radius 3 is 2.56 bits per heavy atom. The van der Waals surface area contributed by atoms with Gasteiger partial charge in [-0.2, -0.15) is 0 Å². The molecule has 0 aliphatic heterocycles. The third-order valence-electron chi connectivity index (χ3n) is 3.58. The van der Waals surface area contributed by atoms with Crippen LogP contribution in [0, 0.1) is 5.92 Å². The van der Waals surface area contributed by atoms with Crippen LogP contribution in [0.25, 0.3) is 0 Å². The van der Waals surface area contributed by atoms with Gasteiger partial charge in [0.15, 0.2) is 0 Å². The zero-order valence-electron chi connectivity index (χ0n) is 11.5. The molecule has 1 aliphatic rings. The number of aliphatic carboxylic acids is 1. The molecule has 5 nitrogen and oxygen atoms in total. The Balaban J connectivity index is 2.51. The highest BCUT2D eigenvalue weighted by molar-refractivity contribution is 5.75. The van der Waals surface area contributed by atoms with Gasteiger partial charge in [-0.25, -0.2) is 4.79 Å². The first-order chi connectivity index (χ1) is 8.45. The fourth-order valence-corrected chi connectivity index (χ4v) is 2.55. The highest BCUT2D eigenvalue weighted by Gasteiger charge is 2.28. The van der Waals surface area contributed by atoms with Gasteiger partial charge >= 0.3 is 12.0 Å². The van der Waals surface area contributed by atoms with Crippen LogP contribution in [0.2, 0.25) is 0 Å². The number of carbonyl (C=O) groups excluding carboxylic acids is 1. The van der Waals surface area contributed by atoms with Crippen LogP contribution in [0.3, 0.4) is 0 Å². The lowest BCUT2D eigenvalue weighted by Gasteiger charge is -2.31. The van der Waals surface area contributed by atoms with Crippen molar-refractivity contribution in [2.45, 2.75) is 58.5 Å². The maximum atomic E-state index is 12.0. The number of carbonyl (C=O) groups is 2. The molecule has 2 N–H and O–H groups in total. The first-order valence-electron chi connectivity index (χ1n) is 6.75. The van der Waals surface area contributed by atoms with Crippen LogP contribution in [-0.2, 0) is 4.79 Å². The molecule has 1 saturated carbocycles. The third-order valence-corrected chi connectivity index (χ3v) is 3.58. The fraction of sp³-hybridized carbons (Fsp3) is 0.846. The monoisotopic (exact) mass is 256 g/mol. The molecule has 0 heterocycles. The molecule has 2 atom stereocenters. The zero-order valence-corrected chi connectivity index (χ0v) is 11.5. The number of carboxylic acids is 1. The first kappa shape index (κ1) is 14.8. The second-order valence-corrected chi connectivity index (χ2v) is 5.23. The maximum absolute atomic E-state index is 12.0. The van der Waals surface area contributed by atoms with Crippen LogP contribution in [0.5, 0.6) is 0 Å². The van der Waals surface area contributed by atoms with E-state index >= 15 is 0 Å². The molecular weight excluding hydrogens is 232 g/mol. The van der Waals surface area contributed by atoms with Gasteiger partial charge in [0.25, 0.3) is 0 Å². The summed E-state index contributed by atoms with van der Waals surface area (Å²) < 4.78 is 0. The Kier molecular flexibility index (Phi) is 5.44. The topological polar surface area (TPSA) is 69.6 Å². The van der Waals surface area contributed by atoms with Crippen molar-refractivity contribution < 1.29 is 14.7 Å². The Morgan fingerprint density at radius 1 is 1.39 bits per heavy atom. The van der Waals surface area contributed by atoms with Crippen LogP contribution >= 0.6 is 0 Å². The second kappa shape index (κ2) is 6.61. The van der Waals surface area contributed by atoms with Gasteiger partial charge in [0.2, 0.25) is 0 Å². The number of hydrogen-bond acceptors (Lipinski definition) is 2. The minimum Gasteiger partial charge on any atom is -0.481 e. The lowest BCUT2D eigenvalue weighted by atomic mass is 9.86. The minimum absolute atomic E-state index is 0.000139. The normalized spacial score (nSPS) is 23.8. The molecule has 0 aromatic heterocycles. The van der Waals surface area contributed by atoms with E-state index in [9.17, 15) is 9.59 Å². The van der Waals surface area contributed by atoms with Gasteiger partial charge in [-0.15, -0.1) is 0 Å². The summed E-state index contributed by atoms with van der Waals surface area (Å²) in [5.74, 6) is -1.05. The molecule has 0 aromatic rings. The van der Waals surface area contributed by atoms with Gasteiger partial charge in [0, 0.05) is 18.6 Å². The van der Waals surface area contributed by atoms with Gasteiger partial charge in [0.05, 0.1) is 5.92 Å². The zero-order chi connectivity index (χ0) is 13.7. The molecule has 2 unspecified atom stereocenters. The smallest absolute Gasteiger partial charge is 0.317 e. The van der Waals surface area contributed by atoms with E-state index in [1.165, 1.54) is 0 Å². The first-order valence-corrected chi connectivity index (χ1v) is 6.75. The quantitative estimate of drug-likeness (QED) is 0.809. The van der Waals surface area contributed by atoms with Crippen molar-refractivity contribution in [3.8, 4) is 0 Å². The summed E-state index contributed by atoms with van der Waals surface area (Å²) in [6, 6.07) is 0.0811. The number of carboxylic acid groups (broad SMARTS) is 1. The van der Waals surface area contributed by atoms with Crippen molar-refractivity contribution in [1.82, 2.24) is 10.2 Å². The average molecular weight is 256 g/mol. The second-order valence-electron chi connectivity index (χ2n) is 5.23. The Labute approximate surface area is 109 Å². The number of nitrogens with one attached hydrogen (secondary N) is 1. The molecule has 0 saturated heterocycles. The summed E-state index contributed by atoms with van der Waals surface area (Å²) in [7, 11) is 0. The number of nitrogens with zero attached hydrogens (tertiary/aromatic N) is 1. The number of rotatable bonds is 4. The minimum atomic E-state index is -0.745. The van der Waals surface area contributed by atoms with Crippen LogP contribution in [-0.4, -0.2) is 40.6 Å². The van der Waals surface area contributed by atoms with Crippen LogP contribution in [0.1, 0.15) is 46.5 Å². The van der Waals surface area contributed by atoms with Gasteiger partial charge in [0.1, 0.15) is 0 Å². The van der Waals surface area contributed by atoms with E-state index < -0.39 is 5.97 Å². The summed E-state index contributed by atoms with van der Waals surface area (Å²) in [6.07, 6.45) is 3.03. The molecule has 1 fully saturated rings. The lowest BCUT2D eigenvalue weighted by Crippen LogP contribution is -2.49. The van der Waals surface area contributed by atoms with Crippen LogP contribution in [0.15, 0.2) is 0 Å². The number of amides is 2. The third kappa shape index (κ3) is 3.89.